The molecule has 0 saturated carbocycles. The van der Waals surface area contributed by atoms with Gasteiger partial charge in [-0.15, -0.1) is 0 Å². The van der Waals surface area contributed by atoms with Gasteiger partial charge in [0.15, 0.2) is 0 Å². The molecule has 2 N–H and O–H groups in total. The predicted molar refractivity (Wildman–Crippen MR) is 67.0 cm³/mol. The number of nitrogens with zero attached hydrogens (tertiary/aromatic N) is 1. The summed E-state index contributed by atoms with van der Waals surface area (Å²) in [5, 5.41) is 0. The molecule has 0 bridgehead atoms. The van der Waals surface area contributed by atoms with Crippen LogP contribution in [0, 0.1) is 0 Å². The van der Waals surface area contributed by atoms with E-state index in [2.05, 4.69) is 18.7 Å². The van der Waals surface area contributed by atoms with E-state index in [1.165, 1.54) is 58.0 Å². The highest BCUT2D eigenvalue weighted by Crippen LogP contribution is 2.25. The van der Waals surface area contributed by atoms with Gasteiger partial charge in [-0.3, -0.25) is 4.90 Å². The Kier molecular flexibility index (Phi) is 5.62. The van der Waals surface area contributed by atoms with Crippen molar-refractivity contribution in [2.75, 3.05) is 19.6 Å². The lowest BCUT2D eigenvalue weighted by Gasteiger charge is -2.43. The molecule has 1 aliphatic heterocycles. The van der Waals surface area contributed by atoms with Gasteiger partial charge in [-0.25, -0.2) is 0 Å². The van der Waals surface area contributed by atoms with E-state index in [0.29, 0.717) is 0 Å². The minimum absolute atomic E-state index is 0.273. The minimum Gasteiger partial charge on any atom is -0.329 e. The number of piperidine rings is 1. The van der Waals surface area contributed by atoms with E-state index < -0.39 is 0 Å². The maximum absolute atomic E-state index is 5.98. The molecule has 90 valence electrons. The first-order valence-corrected chi connectivity index (χ1v) is 6.68. The van der Waals surface area contributed by atoms with E-state index in [4.69, 9.17) is 5.73 Å². The number of likely N-dealkylation sites (tertiary alicyclic amines) is 1. The highest BCUT2D eigenvalue weighted by Gasteiger charge is 2.30. The highest BCUT2D eigenvalue weighted by molar-refractivity contribution is 4.88. The zero-order chi connectivity index (χ0) is 11.1. The average molecular weight is 212 g/mol. The van der Waals surface area contributed by atoms with Crippen molar-refractivity contribution in [3.05, 3.63) is 0 Å². The second kappa shape index (κ2) is 6.49. The van der Waals surface area contributed by atoms with Crippen molar-refractivity contribution >= 4 is 0 Å². The lowest BCUT2D eigenvalue weighted by atomic mass is 9.90. The summed E-state index contributed by atoms with van der Waals surface area (Å²) in [5.74, 6) is 0. The Morgan fingerprint density at radius 3 is 2.33 bits per heavy atom. The van der Waals surface area contributed by atoms with Crippen LogP contribution in [-0.2, 0) is 0 Å². The quantitative estimate of drug-likeness (QED) is 0.686. The molecule has 1 saturated heterocycles. The normalized spacial score (nSPS) is 22.6. The van der Waals surface area contributed by atoms with Crippen molar-refractivity contribution in [3.63, 3.8) is 0 Å². The molecule has 0 aromatic rings. The number of unbranched alkanes of at least 4 members (excludes halogenated alkanes) is 2. The molecule has 0 amide bonds. The van der Waals surface area contributed by atoms with Gasteiger partial charge in [0.2, 0.25) is 0 Å². The summed E-state index contributed by atoms with van der Waals surface area (Å²) < 4.78 is 0. The van der Waals surface area contributed by atoms with Crippen LogP contribution in [0.2, 0.25) is 0 Å². The molecule has 1 fully saturated rings. The third-order valence-electron chi connectivity index (χ3n) is 3.88. The summed E-state index contributed by atoms with van der Waals surface area (Å²) >= 11 is 0. The van der Waals surface area contributed by atoms with Crippen LogP contribution in [-0.4, -0.2) is 30.1 Å². The molecule has 1 heterocycles. The van der Waals surface area contributed by atoms with Gasteiger partial charge < -0.3 is 5.73 Å². The van der Waals surface area contributed by atoms with E-state index in [0.717, 1.165) is 6.54 Å². The first-order valence-electron chi connectivity index (χ1n) is 6.68. The molecule has 1 rings (SSSR count). The van der Waals surface area contributed by atoms with Gasteiger partial charge in [0.1, 0.15) is 0 Å². The first kappa shape index (κ1) is 13.0. The first-order chi connectivity index (χ1) is 7.23. The Morgan fingerprint density at radius 1 is 1.13 bits per heavy atom. The molecule has 0 aromatic heterocycles. The van der Waals surface area contributed by atoms with Crippen LogP contribution < -0.4 is 5.73 Å². The number of nitrogens with two attached hydrogens (primary N) is 1. The molecule has 0 aliphatic carbocycles. The fourth-order valence-electron chi connectivity index (χ4n) is 2.58. The molecule has 2 nitrogen and oxygen atoms in total. The van der Waals surface area contributed by atoms with Crippen LogP contribution in [0.3, 0.4) is 0 Å². The third-order valence-corrected chi connectivity index (χ3v) is 3.88. The van der Waals surface area contributed by atoms with Crippen LogP contribution in [0.5, 0.6) is 0 Å². The van der Waals surface area contributed by atoms with Crippen molar-refractivity contribution < 1.29 is 0 Å². The summed E-state index contributed by atoms with van der Waals surface area (Å²) in [6, 6.07) is 0. The Morgan fingerprint density at radius 2 is 1.80 bits per heavy atom. The lowest BCUT2D eigenvalue weighted by Crippen LogP contribution is -2.53. The van der Waals surface area contributed by atoms with Crippen molar-refractivity contribution in [3.8, 4) is 0 Å². The maximum Gasteiger partial charge on any atom is 0.0303 e. The zero-order valence-corrected chi connectivity index (χ0v) is 10.6. The Bertz CT molecular complexity index is 164. The second-order valence-corrected chi connectivity index (χ2v) is 5.21. The molecular weight excluding hydrogens is 184 g/mol. The van der Waals surface area contributed by atoms with Crippen molar-refractivity contribution in [2.24, 2.45) is 5.73 Å². The molecule has 15 heavy (non-hydrogen) atoms. The van der Waals surface area contributed by atoms with Crippen LogP contribution in [0.4, 0.5) is 0 Å². The van der Waals surface area contributed by atoms with Gasteiger partial charge >= 0.3 is 0 Å². The van der Waals surface area contributed by atoms with Gasteiger partial charge in [0.05, 0.1) is 0 Å². The third kappa shape index (κ3) is 3.76. The second-order valence-electron chi connectivity index (χ2n) is 5.21. The summed E-state index contributed by atoms with van der Waals surface area (Å²) in [5.41, 5.74) is 6.25. The maximum atomic E-state index is 5.98. The molecule has 2 heteroatoms. The van der Waals surface area contributed by atoms with Crippen molar-refractivity contribution in [1.82, 2.24) is 4.90 Å². The van der Waals surface area contributed by atoms with E-state index >= 15 is 0 Å². The largest absolute Gasteiger partial charge is 0.329 e. The number of rotatable bonds is 6. The zero-order valence-electron chi connectivity index (χ0n) is 10.6. The van der Waals surface area contributed by atoms with Crippen molar-refractivity contribution in [1.29, 1.82) is 0 Å². The fraction of sp³-hybridized carbons (Fsp3) is 1.00. The molecule has 0 spiro atoms. The minimum atomic E-state index is 0.273. The summed E-state index contributed by atoms with van der Waals surface area (Å²) in [4.78, 5) is 2.63. The Labute approximate surface area is 95.2 Å². The lowest BCUT2D eigenvalue weighted by molar-refractivity contribution is 0.0772. The Balaban J connectivity index is 2.41. The van der Waals surface area contributed by atoms with E-state index in [1.54, 1.807) is 0 Å². The molecule has 1 aliphatic rings. The predicted octanol–water partition coefficient (Wildman–Crippen LogP) is 2.77. The molecule has 1 unspecified atom stereocenters. The SMILES string of the molecule is CCCCCC(C)(CN)N1CCCCC1. The highest BCUT2D eigenvalue weighted by atomic mass is 15.2. The van der Waals surface area contributed by atoms with Crippen LogP contribution in [0.15, 0.2) is 0 Å². The van der Waals surface area contributed by atoms with Crippen LogP contribution in [0.1, 0.15) is 58.8 Å². The van der Waals surface area contributed by atoms with Gasteiger partial charge in [-0.05, 0) is 39.3 Å². The summed E-state index contributed by atoms with van der Waals surface area (Å²) in [6.45, 7) is 7.96. The smallest absolute Gasteiger partial charge is 0.0303 e. The molecular formula is C13H28N2. The number of hydrogen-bond acceptors (Lipinski definition) is 2. The van der Waals surface area contributed by atoms with E-state index in [1.807, 2.05) is 0 Å². The van der Waals surface area contributed by atoms with Gasteiger partial charge in [-0.1, -0.05) is 32.6 Å². The molecule has 0 aromatic carbocycles. The fourth-order valence-corrected chi connectivity index (χ4v) is 2.58. The monoisotopic (exact) mass is 212 g/mol. The van der Waals surface area contributed by atoms with Gasteiger partial charge in [-0.2, -0.15) is 0 Å². The average Bonchev–Trinajstić information content (AvgIpc) is 2.30. The van der Waals surface area contributed by atoms with Crippen LogP contribution in [0.25, 0.3) is 0 Å². The van der Waals surface area contributed by atoms with Crippen molar-refractivity contribution in [2.45, 2.75) is 64.3 Å². The van der Waals surface area contributed by atoms with E-state index in [-0.39, 0.29) is 5.54 Å². The van der Waals surface area contributed by atoms with Crippen LogP contribution >= 0.6 is 0 Å². The van der Waals surface area contributed by atoms with Gasteiger partial charge in [0, 0.05) is 12.1 Å². The summed E-state index contributed by atoms with van der Waals surface area (Å²) in [6.07, 6.45) is 9.40. The standard InChI is InChI=1S/C13H28N2/c1-3-4-6-9-13(2,12-14)15-10-7-5-8-11-15/h3-12,14H2,1-2H3. The topological polar surface area (TPSA) is 29.3 Å². The molecule has 1 atom stereocenters. The van der Waals surface area contributed by atoms with Gasteiger partial charge in [0.25, 0.3) is 0 Å². The summed E-state index contributed by atoms with van der Waals surface area (Å²) in [7, 11) is 0. The number of hydrogen-bond donors (Lipinski definition) is 1. The molecule has 0 radical (unpaired) electrons. The Hall–Kier alpha value is -0.0800. The van der Waals surface area contributed by atoms with E-state index in [9.17, 15) is 0 Å².